The van der Waals surface area contributed by atoms with Crippen LogP contribution in [0.5, 0.6) is 0 Å². The summed E-state index contributed by atoms with van der Waals surface area (Å²) >= 11 is 0. The van der Waals surface area contributed by atoms with E-state index >= 15 is 0 Å². The summed E-state index contributed by atoms with van der Waals surface area (Å²) in [6.07, 6.45) is -3.63. The minimum atomic E-state index is -4.55. The molecule has 1 saturated heterocycles. The molecule has 0 radical (unpaired) electrons. The lowest BCUT2D eigenvalue weighted by Crippen LogP contribution is -2.44. The average Bonchev–Trinajstić information content (AvgIpc) is 3.27. The molecule has 4 heterocycles. The van der Waals surface area contributed by atoms with Crippen molar-refractivity contribution in [3.63, 3.8) is 0 Å². The summed E-state index contributed by atoms with van der Waals surface area (Å²) in [6, 6.07) is 6.34. The molecule has 4 aromatic rings. The van der Waals surface area contributed by atoms with Crippen LogP contribution in [0.1, 0.15) is 18.9 Å². The van der Waals surface area contributed by atoms with Crippen LogP contribution < -0.4 is 26.8 Å². The van der Waals surface area contributed by atoms with Gasteiger partial charge in [-0.05, 0) is 31.2 Å². The predicted octanol–water partition coefficient (Wildman–Crippen LogP) is 3.99. The molecular formula is C26H27F4N9O2. The van der Waals surface area contributed by atoms with E-state index in [0.29, 0.717) is 42.8 Å². The van der Waals surface area contributed by atoms with Crippen LogP contribution in [0.15, 0.2) is 47.4 Å². The second-order valence-electron chi connectivity index (χ2n) is 9.61. The lowest BCUT2D eigenvalue weighted by atomic mass is 10.1. The van der Waals surface area contributed by atoms with Crippen LogP contribution in [-0.4, -0.2) is 55.6 Å². The maximum Gasteiger partial charge on any atom is 0.416 e. The van der Waals surface area contributed by atoms with Gasteiger partial charge in [0.15, 0.2) is 5.82 Å². The van der Waals surface area contributed by atoms with E-state index < -0.39 is 23.9 Å². The third kappa shape index (κ3) is 6.14. The summed E-state index contributed by atoms with van der Waals surface area (Å²) < 4.78 is 55.6. The number of carbonyl (C=O) groups excluding carboxylic acids is 1. The van der Waals surface area contributed by atoms with Crippen LogP contribution in [0.25, 0.3) is 22.3 Å². The van der Waals surface area contributed by atoms with Gasteiger partial charge < -0.3 is 16.0 Å². The second-order valence-corrected chi connectivity index (χ2v) is 9.61. The number of nitrogens with one attached hydrogen (secondary N) is 4. The molecule has 4 N–H and O–H groups in total. The molecule has 1 fully saturated rings. The van der Waals surface area contributed by atoms with Crippen molar-refractivity contribution in [2.24, 2.45) is 7.05 Å². The number of aryl methyl sites for hydroxylation is 2. The van der Waals surface area contributed by atoms with Gasteiger partial charge in [-0.2, -0.15) is 23.3 Å². The molecule has 0 bridgehead atoms. The highest BCUT2D eigenvalue weighted by Gasteiger charge is 2.30. The van der Waals surface area contributed by atoms with Crippen LogP contribution in [-0.2, 0) is 19.8 Å². The SMILES string of the molecule is CCn1c(=O)c(-c2cc(NC(=O)Nc3cccc(C(F)(F)F)c3)nn2C)cc2cnc(N[C@@H]3CNC[C@@H](F)C3)nc21. The van der Waals surface area contributed by atoms with Crippen molar-refractivity contribution in [2.75, 3.05) is 29.0 Å². The first-order valence-corrected chi connectivity index (χ1v) is 12.8. The molecule has 1 aliphatic rings. The van der Waals surface area contributed by atoms with Crippen molar-refractivity contribution in [2.45, 2.75) is 38.3 Å². The molecule has 2 atom stereocenters. The van der Waals surface area contributed by atoms with Crippen molar-refractivity contribution in [3.05, 3.63) is 58.5 Å². The van der Waals surface area contributed by atoms with Gasteiger partial charge in [0.25, 0.3) is 5.56 Å². The lowest BCUT2D eigenvalue weighted by molar-refractivity contribution is -0.137. The van der Waals surface area contributed by atoms with Crippen molar-refractivity contribution < 1.29 is 22.4 Å². The number of aromatic nitrogens is 5. The fraction of sp³-hybridized carbons (Fsp3) is 0.346. The van der Waals surface area contributed by atoms with E-state index in [2.05, 4.69) is 36.3 Å². The van der Waals surface area contributed by atoms with E-state index in [1.165, 1.54) is 27.4 Å². The number of halogens is 4. The van der Waals surface area contributed by atoms with Crippen LogP contribution in [0.4, 0.5) is 39.8 Å². The Balaban J connectivity index is 1.38. The van der Waals surface area contributed by atoms with Crippen molar-refractivity contribution in [1.29, 1.82) is 0 Å². The van der Waals surface area contributed by atoms with Crippen molar-refractivity contribution in [3.8, 4) is 11.3 Å². The number of piperidine rings is 1. The first-order valence-electron chi connectivity index (χ1n) is 12.8. The standard InChI is InChI=1S/C26H27F4N9O2/c1-3-39-22-14(11-32-24(36-22)33-18-9-16(27)12-31-13-18)7-19(23(39)40)20-10-21(37-38(20)2)35-25(41)34-17-6-4-5-15(8-17)26(28,29)30/h4-8,10-11,16,18,31H,3,9,12-13H2,1-2H3,(H,32,33,36)(H2,34,35,37,41)/t16-,18-/m0/s1. The minimum absolute atomic E-state index is 0.0491. The zero-order valence-electron chi connectivity index (χ0n) is 22.1. The third-order valence-corrected chi connectivity index (χ3v) is 6.62. The molecule has 216 valence electrons. The first-order chi connectivity index (χ1) is 19.5. The number of amides is 2. The molecule has 0 unspecified atom stereocenters. The molecule has 1 aromatic carbocycles. The molecule has 41 heavy (non-hydrogen) atoms. The van der Waals surface area contributed by atoms with Crippen LogP contribution in [0.2, 0.25) is 0 Å². The highest BCUT2D eigenvalue weighted by Crippen LogP contribution is 2.31. The Bertz CT molecular complexity index is 1650. The number of nitrogens with zero attached hydrogens (tertiary/aromatic N) is 5. The van der Waals surface area contributed by atoms with Gasteiger partial charge in [0.2, 0.25) is 5.95 Å². The Morgan fingerprint density at radius 2 is 1.98 bits per heavy atom. The number of hydrogen-bond acceptors (Lipinski definition) is 7. The van der Waals surface area contributed by atoms with Gasteiger partial charge in [-0.15, -0.1) is 0 Å². The monoisotopic (exact) mass is 573 g/mol. The van der Waals surface area contributed by atoms with E-state index in [0.717, 1.165) is 12.1 Å². The van der Waals surface area contributed by atoms with E-state index in [1.54, 1.807) is 26.2 Å². The maximum atomic E-state index is 13.8. The number of hydrogen-bond donors (Lipinski definition) is 4. The first kappa shape index (κ1) is 28.0. The van der Waals surface area contributed by atoms with Gasteiger partial charge in [0.1, 0.15) is 11.8 Å². The van der Waals surface area contributed by atoms with Crippen molar-refractivity contribution >= 4 is 34.5 Å². The number of benzene rings is 1. The second kappa shape index (κ2) is 11.2. The Morgan fingerprint density at radius 1 is 1.17 bits per heavy atom. The van der Waals surface area contributed by atoms with Gasteiger partial charge in [-0.1, -0.05) is 6.07 Å². The van der Waals surface area contributed by atoms with Crippen LogP contribution in [0, 0.1) is 0 Å². The quantitative estimate of drug-likeness (QED) is 0.257. The van der Waals surface area contributed by atoms with Crippen LogP contribution in [0.3, 0.4) is 0 Å². The molecule has 0 saturated carbocycles. The summed E-state index contributed by atoms with van der Waals surface area (Å²) in [5.41, 5.74) is -0.229. The number of fused-ring (bicyclic) bond motifs is 1. The van der Waals surface area contributed by atoms with E-state index in [9.17, 15) is 27.2 Å². The number of rotatable bonds is 6. The molecule has 0 aliphatic carbocycles. The summed E-state index contributed by atoms with van der Waals surface area (Å²) in [6.45, 7) is 2.98. The number of pyridine rings is 1. The molecule has 5 rings (SSSR count). The molecule has 1 aliphatic heterocycles. The van der Waals surface area contributed by atoms with Gasteiger partial charge in [-0.25, -0.2) is 14.2 Å². The molecule has 0 spiro atoms. The lowest BCUT2D eigenvalue weighted by Gasteiger charge is -2.26. The van der Waals surface area contributed by atoms with E-state index in [4.69, 9.17) is 0 Å². The molecule has 2 amide bonds. The van der Waals surface area contributed by atoms with Crippen molar-refractivity contribution in [1.82, 2.24) is 29.6 Å². The molecular weight excluding hydrogens is 546 g/mol. The molecule has 3 aromatic heterocycles. The Morgan fingerprint density at radius 3 is 2.71 bits per heavy atom. The molecule has 15 heteroatoms. The predicted molar refractivity (Wildman–Crippen MR) is 146 cm³/mol. The zero-order valence-corrected chi connectivity index (χ0v) is 22.1. The van der Waals surface area contributed by atoms with Gasteiger partial charge in [-0.3, -0.25) is 19.4 Å². The fourth-order valence-electron chi connectivity index (χ4n) is 4.72. The normalized spacial score (nSPS) is 17.4. The Labute approximate surface area is 231 Å². The summed E-state index contributed by atoms with van der Waals surface area (Å²) in [5, 5.41) is 15.8. The Hall–Kier alpha value is -4.53. The van der Waals surface area contributed by atoms with E-state index in [-0.39, 0.29) is 34.6 Å². The van der Waals surface area contributed by atoms with Gasteiger partial charge in [0.05, 0.1) is 16.8 Å². The zero-order chi connectivity index (χ0) is 29.3. The van der Waals surface area contributed by atoms with E-state index in [1.807, 2.05) is 0 Å². The third-order valence-electron chi connectivity index (χ3n) is 6.62. The smallest absolute Gasteiger partial charge is 0.350 e. The van der Waals surface area contributed by atoms with Gasteiger partial charge in [0, 0.05) is 62.5 Å². The number of carbonyl (C=O) groups is 1. The number of anilines is 3. The topological polar surface area (TPSA) is 131 Å². The highest BCUT2D eigenvalue weighted by molar-refractivity contribution is 5.99. The largest absolute Gasteiger partial charge is 0.416 e. The van der Waals surface area contributed by atoms with Crippen LogP contribution >= 0.6 is 0 Å². The van der Waals surface area contributed by atoms with Gasteiger partial charge >= 0.3 is 12.2 Å². The number of urea groups is 1. The minimum Gasteiger partial charge on any atom is -0.350 e. The Kier molecular flexibility index (Phi) is 7.62. The summed E-state index contributed by atoms with van der Waals surface area (Å²) in [5.74, 6) is 0.365. The number of alkyl halides is 4. The highest BCUT2D eigenvalue weighted by atomic mass is 19.4. The summed E-state index contributed by atoms with van der Waals surface area (Å²) in [4.78, 5) is 34.8. The summed E-state index contributed by atoms with van der Waals surface area (Å²) in [7, 11) is 1.59. The fourth-order valence-corrected chi connectivity index (χ4v) is 4.72. The average molecular weight is 574 g/mol. The maximum absolute atomic E-state index is 13.8. The molecule has 11 nitrogen and oxygen atoms in total.